The molecule has 4 aromatic rings. The minimum absolute atomic E-state index is 0.259. The summed E-state index contributed by atoms with van der Waals surface area (Å²) < 4.78 is 45.2. The lowest BCUT2D eigenvalue weighted by Gasteiger charge is -2.19. The number of nitrogens with one attached hydrogen (secondary N) is 3. The number of pyridine rings is 2. The number of halogens is 2. The van der Waals surface area contributed by atoms with Gasteiger partial charge in [-0.1, -0.05) is 43.6 Å². The number of aromatic nitrogens is 2. The first-order valence-electron chi connectivity index (χ1n) is 11.9. The van der Waals surface area contributed by atoms with E-state index >= 15 is 0 Å². The summed E-state index contributed by atoms with van der Waals surface area (Å²) in [6.07, 6.45) is 2.97. The summed E-state index contributed by atoms with van der Waals surface area (Å²) in [7, 11) is -3.85. The van der Waals surface area contributed by atoms with Gasteiger partial charge < -0.3 is 10.2 Å². The molecule has 0 spiro atoms. The fraction of sp³-hybridized carbons (Fsp3) is 0.231. The van der Waals surface area contributed by atoms with Crippen LogP contribution in [0.15, 0.2) is 67.0 Å². The first-order chi connectivity index (χ1) is 17.8. The van der Waals surface area contributed by atoms with Gasteiger partial charge >= 0.3 is 0 Å². The number of benzene rings is 2. The van der Waals surface area contributed by atoms with Gasteiger partial charge in [0.2, 0.25) is 0 Å². The van der Waals surface area contributed by atoms with E-state index in [9.17, 15) is 12.8 Å². The highest BCUT2D eigenvalue weighted by Gasteiger charge is 2.16. The molecule has 2 aromatic carbocycles. The second-order valence-corrected chi connectivity index (χ2v) is 10.2. The SMILES string of the molecule is CCN(CC)CCNS(=O)(=O)Nc1cnccc1Nc1cc(-c2cc(Cl)ccc2F)nc2ccccc12. The lowest BCUT2D eigenvalue weighted by atomic mass is 10.1. The Morgan fingerprint density at radius 1 is 1.00 bits per heavy atom. The third-order valence-electron chi connectivity index (χ3n) is 5.87. The van der Waals surface area contributed by atoms with Crippen molar-refractivity contribution >= 4 is 49.8 Å². The average Bonchev–Trinajstić information content (AvgIpc) is 2.89. The number of rotatable bonds is 11. The van der Waals surface area contributed by atoms with Crippen LogP contribution in [0.3, 0.4) is 0 Å². The van der Waals surface area contributed by atoms with Gasteiger partial charge in [0.1, 0.15) is 5.82 Å². The summed E-state index contributed by atoms with van der Waals surface area (Å²) in [5.41, 5.74) is 2.62. The first kappa shape index (κ1) is 26.7. The molecule has 0 aliphatic carbocycles. The summed E-state index contributed by atoms with van der Waals surface area (Å²) >= 11 is 6.12. The fourth-order valence-electron chi connectivity index (χ4n) is 3.90. The number of para-hydroxylation sites is 1. The maximum atomic E-state index is 14.6. The molecule has 194 valence electrons. The van der Waals surface area contributed by atoms with Crippen molar-refractivity contribution in [3.8, 4) is 11.3 Å². The Morgan fingerprint density at radius 3 is 2.57 bits per heavy atom. The number of hydrogen-bond donors (Lipinski definition) is 3. The van der Waals surface area contributed by atoms with Crippen LogP contribution in [-0.4, -0.2) is 49.5 Å². The van der Waals surface area contributed by atoms with Gasteiger partial charge in [-0.15, -0.1) is 0 Å². The second-order valence-electron chi connectivity index (χ2n) is 8.27. The van der Waals surface area contributed by atoms with E-state index in [0.717, 1.165) is 18.5 Å². The Balaban J connectivity index is 1.65. The predicted octanol–water partition coefficient (Wildman–Crippen LogP) is 5.42. The van der Waals surface area contributed by atoms with E-state index in [0.29, 0.717) is 34.2 Å². The van der Waals surface area contributed by atoms with Crippen LogP contribution in [-0.2, 0) is 10.2 Å². The first-order valence-corrected chi connectivity index (χ1v) is 13.7. The quantitative estimate of drug-likeness (QED) is 0.234. The van der Waals surface area contributed by atoms with Crippen LogP contribution in [0.2, 0.25) is 5.02 Å². The van der Waals surface area contributed by atoms with Gasteiger partial charge in [-0.2, -0.15) is 13.1 Å². The number of fused-ring (bicyclic) bond motifs is 1. The molecule has 3 N–H and O–H groups in total. The Hall–Kier alpha value is -3.31. The molecule has 11 heteroatoms. The lowest BCUT2D eigenvalue weighted by Crippen LogP contribution is -2.37. The summed E-state index contributed by atoms with van der Waals surface area (Å²) in [5.74, 6) is -0.453. The molecule has 0 amide bonds. The van der Waals surface area contributed by atoms with E-state index in [1.165, 1.54) is 24.4 Å². The molecule has 0 aliphatic rings. The van der Waals surface area contributed by atoms with E-state index in [4.69, 9.17) is 11.6 Å². The minimum atomic E-state index is -3.85. The molecule has 0 fully saturated rings. The van der Waals surface area contributed by atoms with Crippen LogP contribution >= 0.6 is 11.6 Å². The van der Waals surface area contributed by atoms with Gasteiger partial charge in [0.15, 0.2) is 0 Å². The van der Waals surface area contributed by atoms with Gasteiger partial charge in [-0.25, -0.2) is 9.37 Å². The summed E-state index contributed by atoms with van der Waals surface area (Å²) in [5, 5.41) is 4.44. The number of anilines is 3. The standard InChI is InChI=1S/C26H28ClFN6O2S/c1-3-34(4-2)14-13-30-37(35,36)33-26-17-29-12-11-23(26)32-24-16-25(20-15-18(27)9-10-21(20)28)31-22-8-6-5-7-19(22)24/h5-12,15-17,30,33H,3-4,13-14H2,1-2H3,(H,29,31,32). The molecule has 2 aromatic heterocycles. The molecule has 4 rings (SSSR count). The van der Waals surface area contributed by atoms with E-state index in [1.54, 1.807) is 18.3 Å². The van der Waals surface area contributed by atoms with Crippen molar-refractivity contribution in [1.29, 1.82) is 0 Å². The number of hydrogen-bond acceptors (Lipinski definition) is 6. The maximum absolute atomic E-state index is 14.6. The van der Waals surface area contributed by atoms with E-state index in [1.807, 2.05) is 38.1 Å². The number of likely N-dealkylation sites (N-methyl/N-ethyl adjacent to an activating group) is 1. The molecular weight excluding hydrogens is 515 g/mol. The Morgan fingerprint density at radius 2 is 1.78 bits per heavy atom. The zero-order valence-corrected chi connectivity index (χ0v) is 22.1. The van der Waals surface area contributed by atoms with Gasteiger partial charge in [0.25, 0.3) is 10.2 Å². The Labute approximate surface area is 221 Å². The Kier molecular flexibility index (Phi) is 8.55. The van der Waals surface area contributed by atoms with Gasteiger partial charge in [0.05, 0.1) is 34.5 Å². The van der Waals surface area contributed by atoms with Crippen molar-refractivity contribution in [2.45, 2.75) is 13.8 Å². The van der Waals surface area contributed by atoms with Crippen LogP contribution < -0.4 is 14.8 Å². The van der Waals surface area contributed by atoms with Crippen molar-refractivity contribution in [2.75, 3.05) is 36.2 Å². The molecule has 0 atom stereocenters. The Bertz CT molecular complexity index is 1500. The molecule has 0 radical (unpaired) electrons. The summed E-state index contributed by atoms with van der Waals surface area (Å²) in [6.45, 7) is 6.59. The lowest BCUT2D eigenvalue weighted by molar-refractivity contribution is 0.309. The molecule has 0 unspecified atom stereocenters. The van der Waals surface area contributed by atoms with Crippen LogP contribution in [0.1, 0.15) is 13.8 Å². The monoisotopic (exact) mass is 542 g/mol. The zero-order valence-electron chi connectivity index (χ0n) is 20.5. The molecular formula is C26H28ClFN6O2S. The maximum Gasteiger partial charge on any atom is 0.299 e. The van der Waals surface area contributed by atoms with Gasteiger partial charge in [-0.05, 0) is 49.5 Å². The average molecular weight is 543 g/mol. The van der Waals surface area contributed by atoms with Crippen molar-refractivity contribution in [3.05, 3.63) is 77.8 Å². The van der Waals surface area contributed by atoms with E-state index < -0.39 is 16.0 Å². The van der Waals surface area contributed by atoms with Crippen molar-refractivity contribution in [3.63, 3.8) is 0 Å². The second kappa shape index (κ2) is 11.8. The van der Waals surface area contributed by atoms with Crippen LogP contribution in [0, 0.1) is 5.82 Å². The third kappa shape index (κ3) is 6.72. The molecule has 0 saturated heterocycles. The van der Waals surface area contributed by atoms with Crippen molar-refractivity contribution in [1.82, 2.24) is 19.6 Å². The van der Waals surface area contributed by atoms with E-state index in [-0.39, 0.29) is 17.8 Å². The topological polar surface area (TPSA) is 99.3 Å². The molecule has 0 saturated carbocycles. The van der Waals surface area contributed by atoms with Crippen molar-refractivity contribution in [2.24, 2.45) is 0 Å². The van der Waals surface area contributed by atoms with Crippen LogP contribution in [0.4, 0.5) is 21.5 Å². The highest BCUT2D eigenvalue weighted by molar-refractivity contribution is 7.90. The predicted molar refractivity (Wildman–Crippen MR) is 148 cm³/mol. The van der Waals surface area contributed by atoms with Gasteiger partial charge in [-0.3, -0.25) is 9.71 Å². The van der Waals surface area contributed by atoms with Crippen LogP contribution in [0.25, 0.3) is 22.2 Å². The number of nitrogens with zero attached hydrogens (tertiary/aromatic N) is 3. The van der Waals surface area contributed by atoms with Crippen LogP contribution in [0.5, 0.6) is 0 Å². The molecule has 37 heavy (non-hydrogen) atoms. The smallest absolute Gasteiger partial charge is 0.299 e. The minimum Gasteiger partial charge on any atom is -0.353 e. The van der Waals surface area contributed by atoms with E-state index in [2.05, 4.69) is 29.6 Å². The van der Waals surface area contributed by atoms with Crippen molar-refractivity contribution < 1.29 is 12.8 Å². The molecule has 0 aliphatic heterocycles. The molecule has 0 bridgehead atoms. The normalized spacial score (nSPS) is 11.7. The zero-order chi connectivity index (χ0) is 26.4. The van der Waals surface area contributed by atoms with Gasteiger partial charge in [0, 0.05) is 35.3 Å². The fourth-order valence-corrected chi connectivity index (χ4v) is 4.96. The highest BCUT2D eigenvalue weighted by Crippen LogP contribution is 2.34. The largest absolute Gasteiger partial charge is 0.353 e. The highest BCUT2D eigenvalue weighted by atomic mass is 35.5. The summed E-state index contributed by atoms with van der Waals surface area (Å²) in [6, 6.07) is 15.1. The third-order valence-corrected chi connectivity index (χ3v) is 7.18. The molecule has 8 nitrogen and oxygen atoms in total. The summed E-state index contributed by atoms with van der Waals surface area (Å²) in [4.78, 5) is 10.8. The molecule has 2 heterocycles.